The molecule has 10 nitrogen and oxygen atoms in total. The van der Waals surface area contributed by atoms with Crippen LogP contribution in [0.25, 0.3) is 0 Å². The standard InChI is InChI=1S/C24H27N3O7S/c1-13-9-17(28)20(23(30)34-13)16(15-5-6-18(31-2)22(33-4)21(15)32-3)10-19(29)25-11-14-12-27-7-8-35-24(27)26-14/h5-6,9,12,16,28H,7-8,10-11H2,1-4H3,(H,25,29)/t16-/m1/s1. The zero-order valence-electron chi connectivity index (χ0n) is 19.9. The molecule has 1 amide bonds. The smallest absolute Gasteiger partial charge is 0.343 e. The molecule has 0 bridgehead atoms. The summed E-state index contributed by atoms with van der Waals surface area (Å²) < 4.78 is 23.7. The first kappa shape index (κ1) is 24.5. The van der Waals surface area contributed by atoms with Crippen molar-refractivity contribution in [3.63, 3.8) is 0 Å². The van der Waals surface area contributed by atoms with Crippen molar-refractivity contribution >= 4 is 17.7 Å². The molecule has 0 unspecified atom stereocenters. The third-order valence-electron chi connectivity index (χ3n) is 5.76. The van der Waals surface area contributed by atoms with Crippen molar-refractivity contribution < 1.29 is 28.5 Å². The molecule has 0 aliphatic carbocycles. The van der Waals surface area contributed by atoms with Gasteiger partial charge in [0.2, 0.25) is 11.7 Å². The molecule has 1 atom stereocenters. The second-order valence-electron chi connectivity index (χ2n) is 7.96. The largest absolute Gasteiger partial charge is 0.507 e. The maximum Gasteiger partial charge on any atom is 0.343 e. The van der Waals surface area contributed by atoms with Gasteiger partial charge in [0, 0.05) is 42.5 Å². The van der Waals surface area contributed by atoms with Crippen molar-refractivity contribution in [2.45, 2.75) is 37.5 Å². The molecule has 2 aromatic heterocycles. The highest BCUT2D eigenvalue weighted by Crippen LogP contribution is 2.45. The van der Waals surface area contributed by atoms with Gasteiger partial charge in [-0.25, -0.2) is 9.78 Å². The van der Waals surface area contributed by atoms with E-state index in [9.17, 15) is 14.7 Å². The molecular formula is C24H27N3O7S. The molecule has 1 aromatic carbocycles. The van der Waals surface area contributed by atoms with E-state index in [0.29, 0.717) is 17.1 Å². The fourth-order valence-electron chi connectivity index (χ4n) is 4.19. The Morgan fingerprint density at radius 3 is 2.69 bits per heavy atom. The number of hydrogen-bond donors (Lipinski definition) is 2. The fraction of sp³-hybridized carbons (Fsp3) is 0.375. The molecule has 3 aromatic rings. The predicted molar refractivity (Wildman–Crippen MR) is 129 cm³/mol. The van der Waals surface area contributed by atoms with Gasteiger partial charge in [0.1, 0.15) is 11.5 Å². The number of aryl methyl sites for hydroxylation is 2. The van der Waals surface area contributed by atoms with Crippen LogP contribution in [-0.2, 0) is 17.9 Å². The van der Waals surface area contributed by atoms with E-state index in [-0.39, 0.29) is 41.7 Å². The molecular weight excluding hydrogens is 474 g/mol. The molecule has 4 rings (SSSR count). The number of nitrogens with one attached hydrogen (secondary N) is 1. The number of nitrogens with zero attached hydrogens (tertiary/aromatic N) is 2. The quantitative estimate of drug-likeness (QED) is 0.455. The highest BCUT2D eigenvalue weighted by molar-refractivity contribution is 7.99. The molecule has 1 aliphatic rings. The van der Waals surface area contributed by atoms with Crippen molar-refractivity contribution in [2.24, 2.45) is 0 Å². The number of aromatic nitrogens is 2. The van der Waals surface area contributed by atoms with Crippen molar-refractivity contribution in [2.75, 3.05) is 27.1 Å². The lowest BCUT2D eigenvalue weighted by Crippen LogP contribution is -2.27. The number of imidazole rings is 1. The molecule has 0 saturated carbocycles. The first-order valence-electron chi connectivity index (χ1n) is 10.9. The van der Waals surface area contributed by atoms with Crippen LogP contribution in [0.2, 0.25) is 0 Å². The van der Waals surface area contributed by atoms with Gasteiger partial charge in [-0.1, -0.05) is 17.8 Å². The summed E-state index contributed by atoms with van der Waals surface area (Å²) >= 11 is 1.67. The molecule has 0 radical (unpaired) electrons. The zero-order chi connectivity index (χ0) is 25.1. The SMILES string of the molecule is COc1ccc([C@@H](CC(=O)NCc2cn3c(n2)SCC3)c2c(O)cc(C)oc2=O)c(OC)c1OC. The first-order valence-corrected chi connectivity index (χ1v) is 11.9. The number of amides is 1. The number of carbonyl (C=O) groups excluding carboxylic acids is 1. The predicted octanol–water partition coefficient (Wildman–Crippen LogP) is 2.82. The van der Waals surface area contributed by atoms with E-state index in [1.165, 1.54) is 27.4 Å². The van der Waals surface area contributed by atoms with Crippen LogP contribution in [0.4, 0.5) is 0 Å². The molecule has 35 heavy (non-hydrogen) atoms. The lowest BCUT2D eigenvalue weighted by molar-refractivity contribution is -0.121. The monoisotopic (exact) mass is 501 g/mol. The Balaban J connectivity index is 1.69. The van der Waals surface area contributed by atoms with Gasteiger partial charge >= 0.3 is 5.63 Å². The minimum absolute atomic E-state index is 0.0476. The maximum absolute atomic E-state index is 13.1. The summed E-state index contributed by atoms with van der Waals surface area (Å²) in [4.78, 5) is 30.4. The molecule has 11 heteroatoms. The summed E-state index contributed by atoms with van der Waals surface area (Å²) in [6.45, 7) is 2.69. The van der Waals surface area contributed by atoms with Crippen molar-refractivity contribution in [3.8, 4) is 23.0 Å². The highest BCUT2D eigenvalue weighted by Gasteiger charge is 2.30. The number of ether oxygens (including phenoxy) is 3. The van der Waals surface area contributed by atoms with Crippen molar-refractivity contribution in [3.05, 3.63) is 57.4 Å². The lowest BCUT2D eigenvalue weighted by Gasteiger charge is -2.22. The summed E-state index contributed by atoms with van der Waals surface area (Å²) in [5.41, 5.74) is 0.427. The molecule has 0 spiro atoms. The molecule has 1 aliphatic heterocycles. The van der Waals surface area contributed by atoms with Gasteiger partial charge in [0.15, 0.2) is 16.7 Å². The van der Waals surface area contributed by atoms with Crippen LogP contribution >= 0.6 is 11.8 Å². The number of fused-ring (bicyclic) bond motifs is 1. The van der Waals surface area contributed by atoms with Gasteiger partial charge in [0.05, 0.1) is 39.1 Å². The second-order valence-corrected chi connectivity index (χ2v) is 9.02. The van der Waals surface area contributed by atoms with Gasteiger partial charge in [-0.15, -0.1) is 0 Å². The van der Waals surface area contributed by atoms with Gasteiger partial charge in [-0.2, -0.15) is 0 Å². The Labute approximate surface area is 206 Å². The summed E-state index contributed by atoms with van der Waals surface area (Å²) in [5, 5.41) is 14.5. The van der Waals surface area contributed by atoms with E-state index in [1.54, 1.807) is 30.8 Å². The average Bonchev–Trinajstić information content (AvgIpc) is 3.42. The number of benzene rings is 1. The van der Waals surface area contributed by atoms with Crippen LogP contribution in [0.1, 0.15) is 34.9 Å². The van der Waals surface area contributed by atoms with E-state index in [4.69, 9.17) is 18.6 Å². The van der Waals surface area contributed by atoms with Crippen molar-refractivity contribution in [1.82, 2.24) is 14.9 Å². The van der Waals surface area contributed by atoms with Gasteiger partial charge in [0.25, 0.3) is 0 Å². The van der Waals surface area contributed by atoms with Crippen LogP contribution in [0, 0.1) is 6.92 Å². The summed E-state index contributed by atoms with van der Waals surface area (Å²) in [7, 11) is 4.40. The average molecular weight is 502 g/mol. The molecule has 186 valence electrons. The molecule has 3 heterocycles. The number of thioether (sulfide) groups is 1. The topological polar surface area (TPSA) is 125 Å². The Hall–Kier alpha value is -3.60. The third-order valence-corrected chi connectivity index (χ3v) is 6.73. The Morgan fingerprint density at radius 2 is 2.03 bits per heavy atom. The summed E-state index contributed by atoms with van der Waals surface area (Å²) in [5.74, 6) is 0.760. The fourth-order valence-corrected chi connectivity index (χ4v) is 5.15. The molecule has 0 saturated heterocycles. The van der Waals surface area contributed by atoms with Crippen molar-refractivity contribution in [1.29, 1.82) is 0 Å². The number of carbonyl (C=O) groups is 1. The van der Waals surface area contributed by atoms with E-state index >= 15 is 0 Å². The lowest BCUT2D eigenvalue weighted by atomic mass is 9.87. The van der Waals surface area contributed by atoms with Crippen LogP contribution < -0.4 is 25.2 Å². The van der Waals surface area contributed by atoms with Gasteiger partial charge < -0.3 is 33.6 Å². The van der Waals surface area contributed by atoms with Gasteiger partial charge in [-0.05, 0) is 13.0 Å². The Kier molecular flexibility index (Phi) is 7.25. The number of aromatic hydroxyl groups is 1. The number of rotatable bonds is 9. The third kappa shape index (κ3) is 4.95. The van der Waals surface area contributed by atoms with E-state index < -0.39 is 11.5 Å². The van der Waals surface area contributed by atoms with E-state index in [2.05, 4.69) is 14.9 Å². The zero-order valence-corrected chi connectivity index (χ0v) is 20.7. The number of methoxy groups -OCH3 is 3. The minimum atomic E-state index is -0.885. The van der Waals surface area contributed by atoms with Gasteiger partial charge in [-0.3, -0.25) is 4.79 Å². The normalized spacial score (nSPS) is 13.3. The summed E-state index contributed by atoms with van der Waals surface area (Å²) in [6.07, 6.45) is 1.76. The number of hydrogen-bond acceptors (Lipinski definition) is 9. The van der Waals surface area contributed by atoms with Crippen LogP contribution in [-0.4, -0.2) is 47.6 Å². The van der Waals surface area contributed by atoms with Crippen LogP contribution in [0.5, 0.6) is 23.0 Å². The summed E-state index contributed by atoms with van der Waals surface area (Å²) in [6, 6.07) is 4.67. The van der Waals surface area contributed by atoms with Crippen LogP contribution in [0.15, 0.2) is 38.8 Å². The molecule has 0 fully saturated rings. The second kappa shape index (κ2) is 10.3. The maximum atomic E-state index is 13.1. The van der Waals surface area contributed by atoms with E-state index in [1.807, 2.05) is 6.20 Å². The molecule has 2 N–H and O–H groups in total. The van der Waals surface area contributed by atoms with Crippen LogP contribution in [0.3, 0.4) is 0 Å². The minimum Gasteiger partial charge on any atom is -0.507 e. The van der Waals surface area contributed by atoms with E-state index in [0.717, 1.165) is 23.1 Å². The Bertz CT molecular complexity index is 1280. The first-order chi connectivity index (χ1) is 16.9. The Morgan fingerprint density at radius 1 is 1.26 bits per heavy atom. The highest BCUT2D eigenvalue weighted by atomic mass is 32.2.